The molecule has 0 radical (unpaired) electrons. The van der Waals surface area contributed by atoms with E-state index < -0.39 is 53.9 Å². The Hall–Kier alpha value is -5.21. The Kier molecular flexibility index (Phi) is 10.8. The van der Waals surface area contributed by atoms with Crippen LogP contribution in [0.1, 0.15) is 23.0 Å². The van der Waals surface area contributed by atoms with E-state index in [1.54, 1.807) is 0 Å². The molecular formula is C29H23F11N6O4. The second-order valence-electron chi connectivity index (χ2n) is 10.5. The zero-order chi connectivity index (χ0) is 37.2. The molecule has 2 aromatic carbocycles. The minimum atomic E-state index is -5.08. The molecule has 1 amide bonds. The van der Waals surface area contributed by atoms with Crippen LogP contribution in [0.3, 0.4) is 0 Å². The minimum Gasteiger partial charge on any atom is -0.475 e. The van der Waals surface area contributed by atoms with Crippen LogP contribution in [0.2, 0.25) is 0 Å². The van der Waals surface area contributed by atoms with Gasteiger partial charge in [-0.05, 0) is 48.5 Å². The minimum absolute atomic E-state index is 0.0169. The van der Waals surface area contributed by atoms with Crippen molar-refractivity contribution in [3.63, 3.8) is 0 Å². The van der Waals surface area contributed by atoms with E-state index in [0.717, 1.165) is 21.6 Å². The number of carboxylic acid groups (broad SMARTS) is 2. The first-order valence-electron chi connectivity index (χ1n) is 14.0. The lowest BCUT2D eigenvalue weighted by molar-refractivity contribution is -0.192. The number of aromatic nitrogens is 4. The molecule has 0 unspecified atom stereocenters. The Morgan fingerprint density at radius 1 is 0.660 bits per heavy atom. The summed E-state index contributed by atoms with van der Waals surface area (Å²) in [5.74, 6) is -5.68. The molecule has 0 atom stereocenters. The summed E-state index contributed by atoms with van der Waals surface area (Å²) >= 11 is 0. The summed E-state index contributed by atoms with van der Waals surface area (Å²) in [6.45, 7) is 0.615. The molecule has 2 aliphatic heterocycles. The van der Waals surface area contributed by atoms with Crippen LogP contribution in [0, 0.1) is 11.6 Å². The van der Waals surface area contributed by atoms with E-state index in [2.05, 4.69) is 15.3 Å². The number of aliphatic carboxylic acids is 1. The molecule has 2 aliphatic rings. The summed E-state index contributed by atoms with van der Waals surface area (Å²) in [5, 5.41) is 19.2. The number of carboxylic acids is 1. The molecule has 0 aliphatic carbocycles. The molecule has 3 N–H and O–H groups in total. The standard InChI is InChI=1S/C14H11F4N3O2.C13H11F4N3.C2HF3O2/c15-9-3-1-8(2-4-9)11-10-7-20(13(22)23)5-6-21(10)12(19-11)14(16,17)18;14-9-3-1-8(2-4-9)11-10-7-18-5-6-20(10)12(19-11)13(15,16)17;3-2(4,5)1(6)7/h1-4H,5-7H2,(H,22,23);1-4,18H,5-7H2;(H,6,7). The first-order chi connectivity index (χ1) is 23.2. The molecule has 0 fully saturated rings. The van der Waals surface area contributed by atoms with Crippen molar-refractivity contribution in [2.75, 3.05) is 13.1 Å². The third-order valence-electron chi connectivity index (χ3n) is 7.14. The second kappa shape index (κ2) is 14.3. The first-order valence-corrected chi connectivity index (χ1v) is 14.0. The maximum absolute atomic E-state index is 13.2. The van der Waals surface area contributed by atoms with Gasteiger partial charge < -0.3 is 29.6 Å². The van der Waals surface area contributed by atoms with Crippen molar-refractivity contribution in [1.82, 2.24) is 29.3 Å². The second-order valence-corrected chi connectivity index (χ2v) is 10.5. The Labute approximate surface area is 273 Å². The van der Waals surface area contributed by atoms with Crippen molar-refractivity contribution in [2.45, 2.75) is 44.7 Å². The Morgan fingerprint density at radius 3 is 1.48 bits per heavy atom. The van der Waals surface area contributed by atoms with Gasteiger partial charge in [0.05, 0.1) is 29.3 Å². The van der Waals surface area contributed by atoms with Crippen molar-refractivity contribution in [3.8, 4) is 22.5 Å². The van der Waals surface area contributed by atoms with Gasteiger partial charge in [0.25, 0.3) is 0 Å². The monoisotopic (exact) mass is 728 g/mol. The molecule has 0 saturated carbocycles. The van der Waals surface area contributed by atoms with E-state index in [4.69, 9.17) is 15.0 Å². The van der Waals surface area contributed by atoms with Gasteiger partial charge in [0.1, 0.15) is 11.6 Å². The topological polar surface area (TPSA) is 126 Å². The number of hydrogen-bond acceptors (Lipinski definition) is 5. The van der Waals surface area contributed by atoms with Crippen LogP contribution >= 0.6 is 0 Å². The van der Waals surface area contributed by atoms with Crippen LogP contribution in [-0.4, -0.2) is 65.5 Å². The maximum atomic E-state index is 13.2. The average Bonchev–Trinajstić information content (AvgIpc) is 3.62. The SMILES string of the molecule is Fc1ccc(-c2nc(C(F)(F)F)n3c2CNCC3)cc1.O=C(O)C(F)(F)F.O=C(O)N1CCn2c(C(F)(F)F)nc(-c3ccc(F)cc3)c2C1. The van der Waals surface area contributed by atoms with Crippen molar-refractivity contribution < 1.29 is 68.1 Å². The van der Waals surface area contributed by atoms with E-state index in [9.17, 15) is 53.1 Å². The highest BCUT2D eigenvalue weighted by atomic mass is 19.4. The van der Waals surface area contributed by atoms with Gasteiger partial charge in [-0.3, -0.25) is 0 Å². The van der Waals surface area contributed by atoms with Gasteiger partial charge >= 0.3 is 30.6 Å². The molecule has 50 heavy (non-hydrogen) atoms. The lowest BCUT2D eigenvalue weighted by Gasteiger charge is -2.27. The predicted octanol–water partition coefficient (Wildman–Crippen LogP) is 6.65. The number of amides is 1. The predicted molar refractivity (Wildman–Crippen MR) is 149 cm³/mol. The summed E-state index contributed by atoms with van der Waals surface area (Å²) in [7, 11) is 0. The summed E-state index contributed by atoms with van der Waals surface area (Å²) < 4.78 is 138. The Bertz CT molecular complexity index is 1830. The molecule has 0 bridgehead atoms. The lowest BCUT2D eigenvalue weighted by Crippen LogP contribution is -2.38. The number of alkyl halides is 9. The molecule has 21 heteroatoms. The van der Waals surface area contributed by atoms with Crippen LogP contribution in [0.25, 0.3) is 22.5 Å². The highest BCUT2D eigenvalue weighted by Crippen LogP contribution is 2.37. The van der Waals surface area contributed by atoms with Gasteiger partial charge in [0.2, 0.25) is 11.6 Å². The number of nitrogens with one attached hydrogen (secondary N) is 1. The third-order valence-corrected chi connectivity index (χ3v) is 7.14. The van der Waals surface area contributed by atoms with Crippen LogP contribution in [0.15, 0.2) is 48.5 Å². The molecule has 270 valence electrons. The van der Waals surface area contributed by atoms with Gasteiger partial charge in [-0.1, -0.05) is 0 Å². The molecule has 2 aromatic heterocycles. The van der Waals surface area contributed by atoms with Crippen molar-refractivity contribution in [1.29, 1.82) is 0 Å². The maximum Gasteiger partial charge on any atom is 0.490 e. The summed E-state index contributed by atoms with van der Waals surface area (Å²) in [6, 6.07) is 10.2. The normalized spacial score (nSPS) is 14.4. The van der Waals surface area contributed by atoms with Gasteiger partial charge in [-0.25, -0.2) is 28.3 Å². The fourth-order valence-electron chi connectivity index (χ4n) is 4.95. The molecule has 10 nitrogen and oxygen atoms in total. The smallest absolute Gasteiger partial charge is 0.475 e. The van der Waals surface area contributed by atoms with Crippen molar-refractivity contribution in [3.05, 3.63) is 83.2 Å². The molecule has 0 saturated heterocycles. The summed E-state index contributed by atoms with van der Waals surface area (Å²) in [5.41, 5.74) is 1.69. The fraction of sp³-hybridized carbons (Fsp3) is 0.310. The number of halogens is 11. The van der Waals surface area contributed by atoms with Crippen molar-refractivity contribution >= 4 is 12.1 Å². The van der Waals surface area contributed by atoms with E-state index in [1.165, 1.54) is 41.0 Å². The first kappa shape index (κ1) is 37.6. The Morgan fingerprint density at radius 2 is 1.08 bits per heavy atom. The van der Waals surface area contributed by atoms with Gasteiger partial charge in [0, 0.05) is 43.9 Å². The molecule has 0 spiro atoms. The molecule has 6 rings (SSSR count). The zero-order valence-corrected chi connectivity index (χ0v) is 25.0. The highest BCUT2D eigenvalue weighted by Gasteiger charge is 2.41. The number of rotatable bonds is 2. The zero-order valence-electron chi connectivity index (χ0n) is 25.0. The number of nitrogens with zero attached hydrogens (tertiary/aromatic N) is 5. The van der Waals surface area contributed by atoms with Gasteiger partial charge in [-0.15, -0.1) is 0 Å². The van der Waals surface area contributed by atoms with E-state index >= 15 is 0 Å². The van der Waals surface area contributed by atoms with E-state index in [-0.39, 0.29) is 43.3 Å². The van der Waals surface area contributed by atoms with Gasteiger partial charge in [-0.2, -0.15) is 39.5 Å². The van der Waals surface area contributed by atoms with E-state index in [1.807, 2.05) is 0 Å². The number of imidazole rings is 2. The van der Waals surface area contributed by atoms with Crippen LogP contribution in [-0.2, 0) is 43.3 Å². The number of carbonyl (C=O) groups is 2. The van der Waals surface area contributed by atoms with Crippen LogP contribution in [0.4, 0.5) is 53.1 Å². The average molecular weight is 729 g/mol. The fourth-order valence-corrected chi connectivity index (χ4v) is 4.95. The molecule has 4 heterocycles. The highest BCUT2D eigenvalue weighted by molar-refractivity contribution is 5.73. The van der Waals surface area contributed by atoms with Crippen molar-refractivity contribution in [2.24, 2.45) is 0 Å². The third kappa shape index (κ3) is 8.68. The molecular weight excluding hydrogens is 705 g/mol. The van der Waals surface area contributed by atoms with Gasteiger partial charge in [0.15, 0.2) is 0 Å². The summed E-state index contributed by atoms with van der Waals surface area (Å²) in [6.07, 6.45) is -15.4. The number of fused-ring (bicyclic) bond motifs is 2. The van der Waals surface area contributed by atoms with E-state index in [0.29, 0.717) is 29.9 Å². The quantitative estimate of drug-likeness (QED) is 0.198. The number of benzene rings is 2. The largest absolute Gasteiger partial charge is 0.490 e. The Balaban J connectivity index is 0.000000191. The summed E-state index contributed by atoms with van der Waals surface area (Å²) in [4.78, 5) is 28.4. The van der Waals surface area contributed by atoms with Crippen LogP contribution < -0.4 is 5.32 Å². The lowest BCUT2D eigenvalue weighted by atomic mass is 10.1. The molecule has 4 aromatic rings. The number of hydrogen-bond donors (Lipinski definition) is 3. The van der Waals surface area contributed by atoms with Crippen LogP contribution in [0.5, 0.6) is 0 Å².